The summed E-state index contributed by atoms with van der Waals surface area (Å²) < 4.78 is 4.47. The number of ether oxygens (including phenoxy) is 1. The second-order valence-electron chi connectivity index (χ2n) is 2.53. The van der Waals surface area contributed by atoms with Crippen molar-refractivity contribution >= 4 is 11.7 Å². The van der Waals surface area contributed by atoms with Crippen molar-refractivity contribution in [3.63, 3.8) is 0 Å². The highest BCUT2D eigenvalue weighted by molar-refractivity contribution is 5.74. The maximum Gasteiger partial charge on any atom is 0.325 e. The van der Waals surface area contributed by atoms with Crippen molar-refractivity contribution in [2.24, 2.45) is 0 Å². The van der Waals surface area contributed by atoms with E-state index in [1.165, 1.54) is 7.11 Å². The SMILES string of the molecule is COC(=O)CNc1ccccc1.O=[N+]([O-])O. The molecule has 0 fully saturated rings. The molecular weight excluding hydrogens is 216 g/mol. The van der Waals surface area contributed by atoms with Crippen LogP contribution in [0.15, 0.2) is 30.3 Å². The minimum absolute atomic E-state index is 0.209. The van der Waals surface area contributed by atoms with E-state index in [1.54, 1.807) is 0 Å². The first-order valence-electron chi connectivity index (χ1n) is 4.25. The molecule has 7 nitrogen and oxygen atoms in total. The third-order valence-corrected chi connectivity index (χ3v) is 1.44. The normalized spacial score (nSPS) is 8.31. The Hall–Kier alpha value is -2.31. The molecule has 2 N–H and O–H groups in total. The Morgan fingerprint density at radius 2 is 2.00 bits per heavy atom. The molecule has 7 heteroatoms. The zero-order valence-electron chi connectivity index (χ0n) is 8.62. The highest BCUT2D eigenvalue weighted by atomic mass is 16.9. The highest BCUT2D eigenvalue weighted by Crippen LogP contribution is 2.03. The van der Waals surface area contributed by atoms with Crippen LogP contribution in [0.4, 0.5) is 5.69 Å². The highest BCUT2D eigenvalue weighted by Gasteiger charge is 1.97. The summed E-state index contributed by atoms with van der Waals surface area (Å²) in [6.45, 7) is 0.209. The number of nitrogens with one attached hydrogen (secondary N) is 1. The number of hydrogen-bond donors (Lipinski definition) is 2. The molecule has 0 aliphatic heterocycles. The van der Waals surface area contributed by atoms with Gasteiger partial charge in [0.05, 0.1) is 7.11 Å². The summed E-state index contributed by atoms with van der Waals surface area (Å²) in [5, 5.41) is 16.6. The van der Waals surface area contributed by atoms with Crippen molar-refractivity contribution in [3.8, 4) is 0 Å². The Morgan fingerprint density at radius 1 is 1.50 bits per heavy atom. The number of esters is 1. The van der Waals surface area contributed by atoms with E-state index in [2.05, 4.69) is 10.1 Å². The molecule has 0 atom stereocenters. The molecule has 1 rings (SSSR count). The molecular formula is C9H12N2O5. The summed E-state index contributed by atoms with van der Waals surface area (Å²) in [4.78, 5) is 19.1. The molecule has 1 aromatic carbocycles. The average Bonchev–Trinajstić information content (AvgIpc) is 2.26. The van der Waals surface area contributed by atoms with E-state index in [-0.39, 0.29) is 12.5 Å². The van der Waals surface area contributed by atoms with Gasteiger partial charge in [-0.05, 0) is 12.1 Å². The van der Waals surface area contributed by atoms with Crippen molar-refractivity contribution < 1.29 is 19.8 Å². The molecule has 0 aliphatic carbocycles. The van der Waals surface area contributed by atoms with Gasteiger partial charge in [-0.3, -0.25) is 4.79 Å². The average molecular weight is 228 g/mol. The number of methoxy groups -OCH3 is 1. The van der Waals surface area contributed by atoms with Crippen LogP contribution in [-0.4, -0.2) is 29.9 Å². The van der Waals surface area contributed by atoms with Gasteiger partial charge in [-0.1, -0.05) is 18.2 Å². The second kappa shape index (κ2) is 8.04. The summed E-state index contributed by atoms with van der Waals surface area (Å²) >= 11 is 0. The van der Waals surface area contributed by atoms with Gasteiger partial charge in [0.15, 0.2) is 0 Å². The molecule has 0 unspecified atom stereocenters. The van der Waals surface area contributed by atoms with Crippen LogP contribution in [0.1, 0.15) is 0 Å². The van der Waals surface area contributed by atoms with E-state index >= 15 is 0 Å². The molecule has 0 aliphatic rings. The Balaban J connectivity index is 0.000000487. The molecule has 0 saturated carbocycles. The van der Waals surface area contributed by atoms with E-state index < -0.39 is 5.09 Å². The van der Waals surface area contributed by atoms with Gasteiger partial charge < -0.3 is 15.3 Å². The standard InChI is InChI=1S/C9H11NO2.HNO3/c1-12-9(11)7-10-8-5-3-2-4-6-8;2-1(3)4/h2-6,10H,7H2,1H3;(H,2,3,4). The lowest BCUT2D eigenvalue weighted by Crippen LogP contribution is -2.14. The summed E-state index contributed by atoms with van der Waals surface area (Å²) in [7, 11) is 1.37. The molecule has 0 bridgehead atoms. The molecule has 0 amide bonds. The minimum Gasteiger partial charge on any atom is -0.468 e. The number of benzene rings is 1. The van der Waals surface area contributed by atoms with E-state index in [1.807, 2.05) is 30.3 Å². The monoisotopic (exact) mass is 228 g/mol. The lowest BCUT2D eigenvalue weighted by molar-refractivity contribution is -0.742. The number of para-hydroxylation sites is 1. The van der Waals surface area contributed by atoms with E-state index in [0.717, 1.165) is 5.69 Å². The van der Waals surface area contributed by atoms with Crippen LogP contribution in [0.25, 0.3) is 0 Å². The Bertz CT molecular complexity index is 324. The Labute approximate surface area is 91.8 Å². The predicted molar refractivity (Wildman–Crippen MR) is 55.7 cm³/mol. The molecule has 16 heavy (non-hydrogen) atoms. The van der Waals surface area contributed by atoms with Crippen LogP contribution in [-0.2, 0) is 9.53 Å². The smallest absolute Gasteiger partial charge is 0.325 e. The van der Waals surface area contributed by atoms with Crippen molar-refractivity contribution in [1.82, 2.24) is 0 Å². The fourth-order valence-corrected chi connectivity index (χ4v) is 0.802. The third-order valence-electron chi connectivity index (χ3n) is 1.44. The Kier molecular flexibility index (Phi) is 6.88. The van der Waals surface area contributed by atoms with Gasteiger partial charge in [-0.2, -0.15) is 0 Å². The summed E-state index contributed by atoms with van der Waals surface area (Å²) in [6, 6.07) is 9.51. The largest absolute Gasteiger partial charge is 0.468 e. The van der Waals surface area contributed by atoms with Crippen LogP contribution in [0, 0.1) is 10.1 Å². The van der Waals surface area contributed by atoms with Crippen molar-refractivity contribution in [1.29, 1.82) is 0 Å². The third kappa shape index (κ3) is 8.30. The number of rotatable bonds is 3. The Morgan fingerprint density at radius 3 is 2.44 bits per heavy atom. The maximum absolute atomic E-state index is 10.7. The van der Waals surface area contributed by atoms with Gasteiger partial charge in [0.25, 0.3) is 5.09 Å². The van der Waals surface area contributed by atoms with Gasteiger partial charge in [-0.25, -0.2) is 0 Å². The fourth-order valence-electron chi connectivity index (χ4n) is 0.802. The van der Waals surface area contributed by atoms with Crippen LogP contribution >= 0.6 is 0 Å². The predicted octanol–water partition coefficient (Wildman–Crippen LogP) is 0.924. The molecule has 0 spiro atoms. The topological polar surface area (TPSA) is 102 Å². The summed E-state index contributed by atoms with van der Waals surface area (Å²) in [5.74, 6) is -0.265. The molecule has 0 saturated heterocycles. The molecule has 0 aromatic heterocycles. The summed E-state index contributed by atoms with van der Waals surface area (Å²) in [6.07, 6.45) is 0. The van der Waals surface area contributed by atoms with Gasteiger partial charge >= 0.3 is 5.97 Å². The molecule has 0 radical (unpaired) electrons. The van der Waals surface area contributed by atoms with Crippen LogP contribution < -0.4 is 5.32 Å². The number of anilines is 1. The van der Waals surface area contributed by atoms with Crippen LogP contribution in [0.5, 0.6) is 0 Å². The molecule has 0 heterocycles. The van der Waals surface area contributed by atoms with Crippen LogP contribution in [0.3, 0.4) is 0 Å². The van der Waals surface area contributed by atoms with Gasteiger partial charge in [0.2, 0.25) is 0 Å². The minimum atomic E-state index is -1.50. The van der Waals surface area contributed by atoms with Gasteiger partial charge in [0.1, 0.15) is 6.54 Å². The molecule has 88 valence electrons. The number of nitrogens with zero attached hydrogens (tertiary/aromatic N) is 1. The van der Waals surface area contributed by atoms with Gasteiger partial charge in [-0.15, -0.1) is 10.1 Å². The van der Waals surface area contributed by atoms with Crippen molar-refractivity contribution in [2.45, 2.75) is 0 Å². The first-order chi connectivity index (χ1) is 7.56. The maximum atomic E-state index is 10.7. The first kappa shape index (κ1) is 13.7. The van der Waals surface area contributed by atoms with Crippen LogP contribution in [0.2, 0.25) is 0 Å². The number of carbonyl (C=O) groups is 1. The van der Waals surface area contributed by atoms with Crippen molar-refractivity contribution in [2.75, 3.05) is 19.0 Å². The lowest BCUT2D eigenvalue weighted by Gasteiger charge is -2.03. The second-order valence-corrected chi connectivity index (χ2v) is 2.53. The number of hydrogen-bond acceptors (Lipinski definition) is 5. The lowest BCUT2D eigenvalue weighted by atomic mass is 10.3. The zero-order valence-corrected chi connectivity index (χ0v) is 8.62. The molecule has 1 aromatic rings. The van der Waals surface area contributed by atoms with E-state index in [4.69, 9.17) is 15.3 Å². The quantitative estimate of drug-likeness (QED) is 0.453. The number of carbonyl (C=O) groups excluding carboxylic acids is 1. The zero-order chi connectivity index (χ0) is 12.4. The summed E-state index contributed by atoms with van der Waals surface area (Å²) in [5.41, 5.74) is 0.919. The van der Waals surface area contributed by atoms with Crippen molar-refractivity contribution in [3.05, 3.63) is 40.4 Å². The first-order valence-corrected chi connectivity index (χ1v) is 4.25. The van der Waals surface area contributed by atoms with Gasteiger partial charge in [0, 0.05) is 5.69 Å². The van der Waals surface area contributed by atoms with E-state index in [9.17, 15) is 4.79 Å². The fraction of sp³-hybridized carbons (Fsp3) is 0.222. The van der Waals surface area contributed by atoms with E-state index in [0.29, 0.717) is 0 Å².